The zero-order chi connectivity index (χ0) is 24.5. The van der Waals surface area contributed by atoms with Crippen LogP contribution in [-0.4, -0.2) is 47.5 Å². The minimum Gasteiger partial charge on any atom is -0.497 e. The van der Waals surface area contributed by atoms with Crippen LogP contribution >= 0.6 is 0 Å². The summed E-state index contributed by atoms with van der Waals surface area (Å²) in [6.07, 6.45) is 2.04. The van der Waals surface area contributed by atoms with E-state index in [4.69, 9.17) is 14.2 Å². The summed E-state index contributed by atoms with van der Waals surface area (Å²) in [5, 5.41) is 1.08. The summed E-state index contributed by atoms with van der Waals surface area (Å²) in [5.41, 5.74) is 4.03. The van der Waals surface area contributed by atoms with E-state index >= 15 is 0 Å². The van der Waals surface area contributed by atoms with Gasteiger partial charge in [0.25, 0.3) is 0 Å². The SMILES string of the molecule is COc1ccc(OC(=O)N2CCc3c([nH]c4ccc([S+](C)O)cc34)C2c2ccc(OC)cc2)cc1. The molecule has 2 N–H and O–H groups in total. The maximum absolute atomic E-state index is 13.4. The number of aromatic nitrogens is 1. The molecule has 0 spiro atoms. The minimum absolute atomic E-state index is 0.361. The number of hydrogen-bond acceptors (Lipinski definition) is 5. The number of H-pyrrole nitrogens is 1. The second kappa shape index (κ2) is 9.56. The van der Waals surface area contributed by atoms with E-state index in [0.717, 1.165) is 38.4 Å². The van der Waals surface area contributed by atoms with Gasteiger partial charge < -0.3 is 19.2 Å². The maximum Gasteiger partial charge on any atom is 0.416 e. The third-order valence-corrected chi connectivity index (χ3v) is 7.31. The normalized spacial score (nSPS) is 16.0. The Kier molecular flexibility index (Phi) is 6.32. The molecule has 2 atom stereocenters. The lowest BCUT2D eigenvalue weighted by Crippen LogP contribution is -2.42. The molecule has 4 aromatic rings. The number of hydrogen-bond donors (Lipinski definition) is 2. The topological polar surface area (TPSA) is 84.0 Å². The van der Waals surface area contributed by atoms with Crippen molar-refractivity contribution in [3.8, 4) is 17.2 Å². The first kappa shape index (κ1) is 23.1. The fraction of sp³-hybridized carbons (Fsp3) is 0.222. The van der Waals surface area contributed by atoms with Gasteiger partial charge in [0.1, 0.15) is 29.5 Å². The molecule has 7 nitrogen and oxygen atoms in total. The summed E-state index contributed by atoms with van der Waals surface area (Å²) in [7, 11) is 3.22. The summed E-state index contributed by atoms with van der Waals surface area (Å²) in [6, 6.07) is 20.3. The van der Waals surface area contributed by atoms with Gasteiger partial charge in [-0.15, -0.1) is 0 Å². The molecule has 35 heavy (non-hydrogen) atoms. The molecule has 0 fully saturated rings. The Hall–Kier alpha value is -3.62. The van der Waals surface area contributed by atoms with E-state index in [1.54, 1.807) is 49.6 Å². The van der Waals surface area contributed by atoms with Crippen molar-refractivity contribution in [1.82, 2.24) is 9.88 Å². The second-order valence-electron chi connectivity index (χ2n) is 8.37. The first-order chi connectivity index (χ1) is 17.0. The molecule has 0 saturated carbocycles. The van der Waals surface area contributed by atoms with Crippen LogP contribution < -0.4 is 14.2 Å². The predicted molar refractivity (Wildman–Crippen MR) is 137 cm³/mol. The minimum atomic E-state index is -0.829. The fourth-order valence-corrected chi connectivity index (χ4v) is 5.14. The Morgan fingerprint density at radius 1 is 0.971 bits per heavy atom. The summed E-state index contributed by atoms with van der Waals surface area (Å²) in [6.45, 7) is 0.493. The molecule has 180 valence electrons. The Morgan fingerprint density at radius 3 is 2.23 bits per heavy atom. The molecule has 1 aromatic heterocycles. The first-order valence-electron chi connectivity index (χ1n) is 11.2. The van der Waals surface area contributed by atoms with Crippen LogP contribution in [0.25, 0.3) is 10.9 Å². The Balaban J connectivity index is 1.55. The van der Waals surface area contributed by atoms with E-state index in [1.165, 1.54) is 0 Å². The molecule has 3 aromatic carbocycles. The van der Waals surface area contributed by atoms with Gasteiger partial charge in [0, 0.05) is 29.2 Å². The van der Waals surface area contributed by atoms with Crippen LogP contribution in [0, 0.1) is 0 Å². The molecule has 0 bridgehead atoms. The van der Waals surface area contributed by atoms with Crippen molar-refractivity contribution in [2.75, 3.05) is 27.0 Å². The van der Waals surface area contributed by atoms with Gasteiger partial charge in [-0.3, -0.25) is 4.90 Å². The van der Waals surface area contributed by atoms with E-state index in [2.05, 4.69) is 4.98 Å². The van der Waals surface area contributed by atoms with Crippen LogP contribution in [0.3, 0.4) is 0 Å². The van der Waals surface area contributed by atoms with Gasteiger partial charge in [0.05, 0.1) is 14.2 Å². The number of nitrogens with zero attached hydrogens (tertiary/aromatic N) is 1. The molecule has 2 heterocycles. The van der Waals surface area contributed by atoms with Crippen molar-refractivity contribution in [3.05, 3.63) is 83.6 Å². The molecular formula is C27H27N2O5S+. The molecule has 1 aliphatic rings. The second-order valence-corrected chi connectivity index (χ2v) is 9.79. The Labute approximate surface area is 206 Å². The maximum atomic E-state index is 13.4. The fourth-order valence-electron chi connectivity index (χ4n) is 4.58. The van der Waals surface area contributed by atoms with Gasteiger partial charge in [0.2, 0.25) is 0 Å². The van der Waals surface area contributed by atoms with E-state index in [0.29, 0.717) is 24.5 Å². The van der Waals surface area contributed by atoms with Crippen LogP contribution in [0.5, 0.6) is 17.2 Å². The number of rotatable bonds is 5. The lowest BCUT2D eigenvalue weighted by molar-refractivity contribution is 0.135. The van der Waals surface area contributed by atoms with Gasteiger partial charge >= 0.3 is 6.09 Å². The molecule has 8 heteroatoms. The standard InChI is InChI=1S/C27H27N2O5S/c1-32-18-6-4-17(5-7-18)26-25-22(23-16-21(35(3)31)12-13-24(23)28-25)14-15-29(26)27(30)34-20-10-8-19(33-2)9-11-20/h4-13,16,26,28,31H,14-15H2,1-3H3/q+1. The van der Waals surface area contributed by atoms with Gasteiger partial charge in [-0.05, 0) is 66.1 Å². The van der Waals surface area contributed by atoms with Crippen LogP contribution in [0.4, 0.5) is 4.79 Å². The highest BCUT2D eigenvalue weighted by atomic mass is 32.2. The number of benzene rings is 3. The molecule has 2 unspecified atom stereocenters. The largest absolute Gasteiger partial charge is 0.497 e. The van der Waals surface area contributed by atoms with Crippen molar-refractivity contribution in [2.45, 2.75) is 17.4 Å². The summed E-state index contributed by atoms with van der Waals surface area (Å²) in [4.78, 5) is 19.6. The highest BCUT2D eigenvalue weighted by molar-refractivity contribution is 7.90. The number of ether oxygens (including phenoxy) is 3. The van der Waals surface area contributed by atoms with Crippen molar-refractivity contribution >= 4 is 28.2 Å². The average molecular weight is 492 g/mol. The zero-order valence-corrected chi connectivity index (χ0v) is 20.6. The molecule has 1 aliphatic heterocycles. The van der Waals surface area contributed by atoms with Gasteiger partial charge in [-0.2, -0.15) is 4.55 Å². The predicted octanol–water partition coefficient (Wildman–Crippen LogP) is 5.41. The van der Waals surface area contributed by atoms with E-state index in [9.17, 15) is 9.35 Å². The molecule has 1 amide bonds. The quantitative estimate of drug-likeness (QED) is 0.365. The van der Waals surface area contributed by atoms with Crippen LogP contribution in [0.1, 0.15) is 22.9 Å². The number of methoxy groups -OCH3 is 2. The first-order valence-corrected chi connectivity index (χ1v) is 12.8. The van der Waals surface area contributed by atoms with Crippen molar-refractivity contribution < 1.29 is 23.6 Å². The number of carbonyl (C=O) groups is 1. The highest BCUT2D eigenvalue weighted by Gasteiger charge is 2.36. The highest BCUT2D eigenvalue weighted by Crippen LogP contribution is 2.40. The van der Waals surface area contributed by atoms with Gasteiger partial charge in [-0.1, -0.05) is 12.1 Å². The zero-order valence-electron chi connectivity index (χ0n) is 19.8. The molecule has 5 rings (SSSR count). The van der Waals surface area contributed by atoms with E-state index in [-0.39, 0.29) is 6.04 Å². The summed E-state index contributed by atoms with van der Waals surface area (Å²) >= 11 is -0.829. The number of aromatic amines is 1. The lowest BCUT2D eigenvalue weighted by Gasteiger charge is -2.35. The van der Waals surface area contributed by atoms with Crippen LogP contribution in [0.15, 0.2) is 71.6 Å². The van der Waals surface area contributed by atoms with E-state index < -0.39 is 17.3 Å². The molecule has 0 aliphatic carbocycles. The van der Waals surface area contributed by atoms with Crippen LogP contribution in [0.2, 0.25) is 0 Å². The number of nitrogens with one attached hydrogen (secondary N) is 1. The number of fused-ring (bicyclic) bond motifs is 3. The van der Waals surface area contributed by atoms with Crippen LogP contribution in [-0.2, 0) is 17.6 Å². The lowest BCUT2D eigenvalue weighted by atomic mass is 9.92. The van der Waals surface area contributed by atoms with Crippen molar-refractivity contribution in [3.63, 3.8) is 0 Å². The molecule has 0 saturated heterocycles. The molecular weight excluding hydrogens is 464 g/mol. The third-order valence-electron chi connectivity index (χ3n) is 6.37. The third kappa shape index (κ3) is 4.42. The number of carbonyl (C=O) groups excluding carboxylic acids is 1. The smallest absolute Gasteiger partial charge is 0.416 e. The number of amides is 1. The van der Waals surface area contributed by atoms with Crippen molar-refractivity contribution in [2.24, 2.45) is 0 Å². The van der Waals surface area contributed by atoms with Gasteiger partial charge in [-0.25, -0.2) is 4.79 Å². The summed E-state index contributed by atoms with van der Waals surface area (Å²) in [5.74, 6) is 1.89. The summed E-state index contributed by atoms with van der Waals surface area (Å²) < 4.78 is 26.4. The average Bonchev–Trinajstić information content (AvgIpc) is 3.26. The Morgan fingerprint density at radius 2 is 1.60 bits per heavy atom. The van der Waals surface area contributed by atoms with E-state index in [1.807, 2.05) is 42.5 Å². The monoisotopic (exact) mass is 491 g/mol. The van der Waals surface area contributed by atoms with Gasteiger partial charge in [0.15, 0.2) is 16.1 Å². The Bertz CT molecular complexity index is 1350. The van der Waals surface area contributed by atoms with Crippen molar-refractivity contribution in [1.29, 1.82) is 0 Å². The molecule has 0 radical (unpaired) electrons.